The van der Waals surface area contributed by atoms with E-state index in [0.29, 0.717) is 22.6 Å². The second-order valence-electron chi connectivity index (χ2n) is 8.21. The number of piperidine rings is 1. The Hall–Kier alpha value is -3.91. The van der Waals surface area contributed by atoms with Crippen molar-refractivity contribution in [1.82, 2.24) is 9.47 Å². The van der Waals surface area contributed by atoms with Gasteiger partial charge in [-0.1, -0.05) is 30.3 Å². The fourth-order valence-electron chi connectivity index (χ4n) is 4.25. The van der Waals surface area contributed by atoms with Crippen LogP contribution in [0.5, 0.6) is 0 Å². The number of methoxy groups -OCH3 is 1. The van der Waals surface area contributed by atoms with Gasteiger partial charge in [-0.3, -0.25) is 14.5 Å². The smallest absolute Gasteiger partial charge is 0.354 e. The minimum Gasteiger partial charge on any atom is -0.464 e. The van der Waals surface area contributed by atoms with E-state index in [1.165, 1.54) is 7.11 Å². The summed E-state index contributed by atoms with van der Waals surface area (Å²) in [6.07, 6.45) is 3.54. The number of amides is 2. The Morgan fingerprint density at radius 2 is 1.62 bits per heavy atom. The highest BCUT2D eigenvalue weighted by Crippen LogP contribution is 2.25. The third-order valence-electron chi connectivity index (χ3n) is 5.97. The summed E-state index contributed by atoms with van der Waals surface area (Å²) < 4.78 is 6.83. The highest BCUT2D eigenvalue weighted by Gasteiger charge is 2.25. The van der Waals surface area contributed by atoms with Crippen molar-refractivity contribution < 1.29 is 19.1 Å². The molecule has 0 saturated carbocycles. The monoisotopic (exact) mass is 460 g/mol. The van der Waals surface area contributed by atoms with Crippen molar-refractivity contribution in [2.75, 3.05) is 37.4 Å². The molecular weight excluding hydrogens is 432 g/mol. The zero-order valence-electron chi connectivity index (χ0n) is 19.1. The number of likely N-dealkylation sites (tertiary alicyclic amines) is 1. The van der Waals surface area contributed by atoms with Gasteiger partial charge in [0, 0.05) is 31.0 Å². The number of aromatic nitrogens is 1. The molecule has 1 aliphatic rings. The fourth-order valence-corrected chi connectivity index (χ4v) is 4.25. The van der Waals surface area contributed by atoms with Crippen molar-refractivity contribution in [1.29, 1.82) is 0 Å². The molecule has 2 heterocycles. The SMILES string of the molecule is COC(=O)c1cccn1C1CCN(CC(=O)Nc2ccccc2C(=O)Nc2ccccc2)CC1. The summed E-state index contributed by atoms with van der Waals surface area (Å²) in [6.45, 7) is 1.69. The lowest BCUT2D eigenvalue weighted by Crippen LogP contribution is -2.40. The number of anilines is 2. The number of para-hydroxylation sites is 2. The molecule has 1 aliphatic heterocycles. The molecule has 34 heavy (non-hydrogen) atoms. The molecule has 176 valence electrons. The highest BCUT2D eigenvalue weighted by atomic mass is 16.5. The third-order valence-corrected chi connectivity index (χ3v) is 5.97. The van der Waals surface area contributed by atoms with Gasteiger partial charge in [0.05, 0.1) is 24.9 Å². The minimum absolute atomic E-state index is 0.172. The van der Waals surface area contributed by atoms with E-state index >= 15 is 0 Å². The Labute approximate surface area is 198 Å². The largest absolute Gasteiger partial charge is 0.464 e. The van der Waals surface area contributed by atoms with Crippen LogP contribution in [-0.4, -0.2) is 54.0 Å². The number of nitrogens with zero attached hydrogens (tertiary/aromatic N) is 2. The normalized spacial score (nSPS) is 14.4. The summed E-state index contributed by atoms with van der Waals surface area (Å²) in [6, 6.07) is 20.0. The van der Waals surface area contributed by atoms with Gasteiger partial charge in [0.1, 0.15) is 5.69 Å². The molecule has 2 aromatic carbocycles. The van der Waals surface area contributed by atoms with E-state index in [1.54, 1.807) is 30.3 Å². The van der Waals surface area contributed by atoms with E-state index in [2.05, 4.69) is 15.5 Å². The summed E-state index contributed by atoms with van der Waals surface area (Å²) in [5.41, 5.74) is 2.12. The maximum atomic E-state index is 12.8. The second-order valence-corrected chi connectivity index (χ2v) is 8.21. The van der Waals surface area contributed by atoms with E-state index in [1.807, 2.05) is 47.2 Å². The van der Waals surface area contributed by atoms with E-state index in [-0.39, 0.29) is 30.4 Å². The average Bonchev–Trinajstić information content (AvgIpc) is 3.35. The summed E-state index contributed by atoms with van der Waals surface area (Å²) in [4.78, 5) is 39.5. The summed E-state index contributed by atoms with van der Waals surface area (Å²) in [5, 5.41) is 5.74. The van der Waals surface area contributed by atoms with Gasteiger partial charge in [-0.05, 0) is 49.2 Å². The first-order valence-corrected chi connectivity index (χ1v) is 11.3. The Kier molecular flexibility index (Phi) is 7.39. The van der Waals surface area contributed by atoms with Crippen molar-refractivity contribution in [3.8, 4) is 0 Å². The first kappa shape index (κ1) is 23.3. The molecule has 2 amide bonds. The van der Waals surface area contributed by atoms with Crippen LogP contribution in [0.3, 0.4) is 0 Å². The number of esters is 1. The number of rotatable bonds is 7. The molecule has 0 bridgehead atoms. The molecule has 0 spiro atoms. The van der Waals surface area contributed by atoms with Gasteiger partial charge >= 0.3 is 5.97 Å². The molecule has 4 rings (SSSR count). The van der Waals surface area contributed by atoms with Crippen LogP contribution in [0.2, 0.25) is 0 Å². The van der Waals surface area contributed by atoms with Gasteiger partial charge in [-0.25, -0.2) is 4.79 Å². The maximum absolute atomic E-state index is 12.8. The maximum Gasteiger partial charge on any atom is 0.354 e. The van der Waals surface area contributed by atoms with Gasteiger partial charge in [-0.2, -0.15) is 0 Å². The van der Waals surface area contributed by atoms with Crippen molar-refractivity contribution in [3.05, 3.63) is 84.2 Å². The fraction of sp³-hybridized carbons (Fsp3) is 0.269. The van der Waals surface area contributed by atoms with E-state index in [4.69, 9.17) is 4.74 Å². The predicted molar refractivity (Wildman–Crippen MR) is 130 cm³/mol. The average molecular weight is 461 g/mol. The molecular formula is C26H28N4O4. The van der Waals surface area contributed by atoms with Crippen molar-refractivity contribution >= 4 is 29.2 Å². The quantitative estimate of drug-likeness (QED) is 0.523. The van der Waals surface area contributed by atoms with Crippen LogP contribution in [0, 0.1) is 0 Å². The zero-order chi connectivity index (χ0) is 23.9. The lowest BCUT2D eigenvalue weighted by Gasteiger charge is -2.32. The number of ether oxygens (including phenoxy) is 1. The molecule has 1 aromatic heterocycles. The van der Waals surface area contributed by atoms with Crippen LogP contribution < -0.4 is 10.6 Å². The lowest BCUT2D eigenvalue weighted by atomic mass is 10.0. The van der Waals surface area contributed by atoms with Gasteiger partial charge in [0.2, 0.25) is 5.91 Å². The summed E-state index contributed by atoms with van der Waals surface area (Å²) in [5.74, 6) is -0.799. The van der Waals surface area contributed by atoms with Crippen LogP contribution in [0.4, 0.5) is 11.4 Å². The molecule has 0 radical (unpaired) electrons. The molecule has 8 heteroatoms. The molecule has 0 atom stereocenters. The van der Waals surface area contributed by atoms with Gasteiger partial charge in [0.15, 0.2) is 0 Å². The molecule has 0 unspecified atom stereocenters. The Morgan fingerprint density at radius 1 is 0.912 bits per heavy atom. The molecule has 0 aliphatic carbocycles. The van der Waals surface area contributed by atoms with Crippen molar-refractivity contribution in [3.63, 3.8) is 0 Å². The van der Waals surface area contributed by atoms with Gasteiger partial charge in [-0.15, -0.1) is 0 Å². The molecule has 1 saturated heterocycles. The van der Waals surface area contributed by atoms with E-state index < -0.39 is 0 Å². The third kappa shape index (κ3) is 5.52. The standard InChI is InChI=1S/C26H28N4O4/c1-34-26(33)23-12-7-15-30(23)20-13-16-29(17-14-20)18-24(31)28-22-11-6-5-10-21(22)25(32)27-19-8-3-2-4-9-19/h2-12,15,20H,13-14,16-18H2,1H3,(H,27,32)(H,28,31). The zero-order valence-corrected chi connectivity index (χ0v) is 19.1. The number of benzene rings is 2. The lowest BCUT2D eigenvalue weighted by molar-refractivity contribution is -0.117. The highest BCUT2D eigenvalue weighted by molar-refractivity contribution is 6.10. The van der Waals surface area contributed by atoms with Crippen LogP contribution in [0.15, 0.2) is 72.9 Å². The van der Waals surface area contributed by atoms with Crippen LogP contribution in [-0.2, 0) is 9.53 Å². The Bertz CT molecular complexity index is 1150. The van der Waals surface area contributed by atoms with E-state index in [9.17, 15) is 14.4 Å². The molecule has 3 aromatic rings. The Balaban J connectivity index is 1.33. The van der Waals surface area contributed by atoms with Crippen LogP contribution in [0.25, 0.3) is 0 Å². The summed E-state index contributed by atoms with van der Waals surface area (Å²) >= 11 is 0. The molecule has 2 N–H and O–H groups in total. The minimum atomic E-state index is -0.346. The van der Waals surface area contributed by atoms with Crippen molar-refractivity contribution in [2.24, 2.45) is 0 Å². The summed E-state index contributed by atoms with van der Waals surface area (Å²) in [7, 11) is 1.38. The van der Waals surface area contributed by atoms with Gasteiger partial charge < -0.3 is 19.9 Å². The van der Waals surface area contributed by atoms with Gasteiger partial charge in [0.25, 0.3) is 5.91 Å². The first-order chi connectivity index (χ1) is 16.5. The molecule has 1 fully saturated rings. The van der Waals surface area contributed by atoms with Crippen molar-refractivity contribution in [2.45, 2.75) is 18.9 Å². The number of hydrogen-bond donors (Lipinski definition) is 2. The topological polar surface area (TPSA) is 92.7 Å². The van der Waals surface area contributed by atoms with Crippen LogP contribution >= 0.6 is 0 Å². The van der Waals surface area contributed by atoms with E-state index in [0.717, 1.165) is 25.9 Å². The number of carbonyl (C=O) groups excluding carboxylic acids is 3. The number of hydrogen-bond acceptors (Lipinski definition) is 5. The predicted octanol–water partition coefficient (Wildman–Crippen LogP) is 3.80. The number of nitrogens with one attached hydrogen (secondary N) is 2. The van der Waals surface area contributed by atoms with Crippen LogP contribution in [0.1, 0.15) is 39.7 Å². The second kappa shape index (κ2) is 10.8. The first-order valence-electron chi connectivity index (χ1n) is 11.3. The number of carbonyl (C=O) groups is 3. The molecule has 8 nitrogen and oxygen atoms in total. The Morgan fingerprint density at radius 3 is 2.35 bits per heavy atom.